The van der Waals surface area contributed by atoms with Crippen LogP contribution in [0.5, 0.6) is 0 Å². The van der Waals surface area contributed by atoms with E-state index in [1.54, 1.807) is 19.4 Å². The number of rotatable bonds is 1. The van der Waals surface area contributed by atoms with Gasteiger partial charge in [0.2, 0.25) is 0 Å². The van der Waals surface area contributed by atoms with Crippen molar-refractivity contribution in [2.45, 2.75) is 0 Å². The molecule has 1 atom stereocenters. The van der Waals surface area contributed by atoms with Crippen LogP contribution >= 0.6 is 0 Å². The van der Waals surface area contributed by atoms with Crippen LogP contribution in [0, 0.1) is 0 Å². The van der Waals surface area contributed by atoms with Gasteiger partial charge in [-0.2, -0.15) is 0 Å². The Morgan fingerprint density at radius 3 is 2.78 bits per heavy atom. The summed E-state index contributed by atoms with van der Waals surface area (Å²) in [6.45, 7) is 0. The number of hydrogen-bond donors (Lipinski definition) is 1. The zero-order valence-electron chi connectivity index (χ0n) is 4.83. The Morgan fingerprint density at radius 1 is 1.89 bits per heavy atom. The molecule has 0 amide bonds. The average Bonchev–Trinajstić information content (AvgIpc) is 2.13. The molecule has 0 saturated heterocycles. The summed E-state index contributed by atoms with van der Waals surface area (Å²) in [7, 11) is 1.68. The van der Waals surface area contributed by atoms with Crippen LogP contribution < -0.4 is 13.5 Å². The molecule has 4 nitrogen and oxygen atoms in total. The molecule has 0 aromatic carbocycles. The summed E-state index contributed by atoms with van der Waals surface area (Å²) in [4.78, 5) is 2.60. The van der Waals surface area contributed by atoms with Gasteiger partial charge in [-0.25, -0.2) is 0 Å². The molecule has 0 aliphatic rings. The van der Waals surface area contributed by atoms with Gasteiger partial charge in [-0.15, -0.1) is 0 Å². The number of imidazole rings is 1. The molecule has 1 unspecified atom stereocenters. The third-order valence-corrected chi connectivity index (χ3v) is 2.50. The predicted molar refractivity (Wildman–Crippen MR) is 28.0 cm³/mol. The fraction of sp³-hybridized carbons (Fsp3) is 0.250. The monoisotopic (exact) mass is 194 g/mol. The molecule has 1 heterocycles. The van der Waals surface area contributed by atoms with Gasteiger partial charge >= 0.3 is 55.9 Å². The Kier molecular flexibility index (Phi) is 1.75. The second-order valence-electron chi connectivity index (χ2n) is 1.61. The van der Waals surface area contributed by atoms with Crippen molar-refractivity contribution in [2.75, 3.05) is 0 Å². The molecule has 50 valence electrons. The first-order valence-electron chi connectivity index (χ1n) is 2.34. The maximum absolute atomic E-state index is 10.3. The van der Waals surface area contributed by atoms with Crippen molar-refractivity contribution in [1.29, 1.82) is 0 Å². The van der Waals surface area contributed by atoms with Crippen LogP contribution in [0.1, 0.15) is 0 Å². The van der Waals surface area contributed by atoms with Crippen LogP contribution in [0.15, 0.2) is 12.4 Å². The number of nitrogens with one attached hydrogen (secondary N) is 1. The van der Waals surface area contributed by atoms with Gasteiger partial charge in [-0.05, 0) is 0 Å². The number of hydrogen-bond acceptors (Lipinski definition) is 2. The van der Waals surface area contributed by atoms with Crippen molar-refractivity contribution in [2.24, 2.45) is 7.05 Å². The molecule has 9 heavy (non-hydrogen) atoms. The second kappa shape index (κ2) is 2.39. The van der Waals surface area contributed by atoms with Gasteiger partial charge in [0.1, 0.15) is 0 Å². The first-order chi connectivity index (χ1) is 4.22. The van der Waals surface area contributed by atoms with Crippen molar-refractivity contribution in [3.63, 3.8) is 0 Å². The second-order valence-corrected chi connectivity index (χ2v) is 3.41. The zero-order valence-corrected chi connectivity index (χ0v) is 6.54. The summed E-state index contributed by atoms with van der Waals surface area (Å²) >= 11 is -2.99. The number of aromatic amines is 1. The minimum absolute atomic E-state index is 0.287. The van der Waals surface area contributed by atoms with Crippen LogP contribution in [0.4, 0.5) is 0 Å². The Labute approximate surface area is 56.6 Å². The van der Waals surface area contributed by atoms with E-state index >= 15 is 0 Å². The number of H-pyrrole nitrogens is 1. The van der Waals surface area contributed by atoms with Gasteiger partial charge in [-0.3, -0.25) is 0 Å². The molecule has 0 fully saturated rings. The van der Waals surface area contributed by atoms with E-state index in [4.69, 9.17) is 0 Å². The molecule has 1 N–H and O–H groups in total. The molecule has 1 aromatic heterocycles. The van der Waals surface area contributed by atoms with Crippen molar-refractivity contribution in [3.8, 4) is 0 Å². The van der Waals surface area contributed by atoms with Crippen molar-refractivity contribution >= 4 is 18.9 Å². The first-order valence-corrected chi connectivity index (χ1v) is 4.59. The molecule has 0 aliphatic heterocycles. The normalized spacial score (nSPS) is 13.6. The molecule has 0 bridgehead atoms. The summed E-state index contributed by atoms with van der Waals surface area (Å²) in [5, 5.41) is 0. The van der Waals surface area contributed by atoms with Crippen LogP contribution in [-0.4, -0.2) is 19.1 Å². The van der Waals surface area contributed by atoms with E-state index in [1.807, 2.05) is 0 Å². The fourth-order valence-electron chi connectivity index (χ4n) is 0.556. The van der Waals surface area contributed by atoms with E-state index in [0.717, 1.165) is 0 Å². The zero-order chi connectivity index (χ0) is 6.85. The van der Waals surface area contributed by atoms with E-state index in [-0.39, 0.29) is 4.72 Å². The molecule has 0 radical (unpaired) electrons. The molecular formula is C4H6N2O2Se. The van der Waals surface area contributed by atoms with E-state index in [9.17, 15) is 8.02 Å². The fourth-order valence-corrected chi connectivity index (χ4v) is 1.52. The van der Waals surface area contributed by atoms with E-state index < -0.39 is 14.2 Å². The van der Waals surface area contributed by atoms with Crippen molar-refractivity contribution < 1.29 is 12.6 Å². The number of nitrogens with zero attached hydrogens (tertiary/aromatic N) is 1. The maximum atomic E-state index is 10.3. The molecule has 5 heteroatoms. The quantitative estimate of drug-likeness (QED) is 0.390. The third kappa shape index (κ3) is 1.24. The predicted octanol–water partition coefficient (Wildman–Crippen LogP) is -2.67. The molecule has 1 aromatic rings. The van der Waals surface area contributed by atoms with E-state index in [1.165, 1.54) is 4.57 Å². The van der Waals surface area contributed by atoms with Crippen LogP contribution in [0.25, 0.3) is 0 Å². The molecular weight excluding hydrogens is 187 g/mol. The molecule has 0 aliphatic carbocycles. The van der Waals surface area contributed by atoms with Crippen LogP contribution in [0.2, 0.25) is 0 Å². The van der Waals surface area contributed by atoms with Gasteiger partial charge in [0, 0.05) is 0 Å². The first kappa shape index (κ1) is 6.61. The summed E-state index contributed by atoms with van der Waals surface area (Å²) in [5.41, 5.74) is 0. The molecule has 0 spiro atoms. The van der Waals surface area contributed by atoms with Crippen LogP contribution in [-0.2, 0) is 10.9 Å². The van der Waals surface area contributed by atoms with Crippen molar-refractivity contribution in [3.05, 3.63) is 12.4 Å². The van der Waals surface area contributed by atoms with Crippen LogP contribution in [0.3, 0.4) is 0 Å². The van der Waals surface area contributed by atoms with Gasteiger partial charge in [-0.1, -0.05) is 0 Å². The SMILES string of the molecule is C[n+]1cc[nH]c1[Se](=O)[O-]. The van der Waals surface area contributed by atoms with Crippen molar-refractivity contribution in [1.82, 2.24) is 4.98 Å². The van der Waals surface area contributed by atoms with Gasteiger partial charge in [0.05, 0.1) is 0 Å². The topological polar surface area (TPSA) is 59.8 Å². The van der Waals surface area contributed by atoms with E-state index in [2.05, 4.69) is 4.98 Å². The molecule has 1 rings (SSSR count). The Morgan fingerprint density at radius 2 is 2.56 bits per heavy atom. The summed E-state index contributed by atoms with van der Waals surface area (Å²) < 4.78 is 22.5. The average molecular weight is 193 g/mol. The van der Waals surface area contributed by atoms with Gasteiger partial charge in [0.25, 0.3) is 0 Å². The minimum atomic E-state index is -2.99. The Balaban J connectivity index is 3.08. The third-order valence-electron chi connectivity index (χ3n) is 0.983. The number of aromatic nitrogens is 2. The van der Waals surface area contributed by atoms with Gasteiger partial charge < -0.3 is 0 Å². The summed E-state index contributed by atoms with van der Waals surface area (Å²) in [6.07, 6.45) is 3.24. The van der Waals surface area contributed by atoms with E-state index in [0.29, 0.717) is 0 Å². The Bertz CT molecular complexity index is 232. The summed E-state index contributed by atoms with van der Waals surface area (Å²) in [5.74, 6) is 0. The molecule has 0 saturated carbocycles. The summed E-state index contributed by atoms with van der Waals surface area (Å²) in [6, 6.07) is 0. The Hall–Kier alpha value is -0.511. The standard InChI is InChI=1S/C4H6N2O2Se/c1-6-3-2-5-4(6)9(7)8/h2-3H,1H3,(H,7,8). The number of aryl methyl sites for hydroxylation is 1. The van der Waals surface area contributed by atoms with Gasteiger partial charge in [0.15, 0.2) is 0 Å².